The number of amides is 2. The first kappa shape index (κ1) is 16.6. The van der Waals surface area contributed by atoms with Crippen molar-refractivity contribution in [2.75, 3.05) is 11.9 Å². The molecule has 3 rings (SSSR count). The highest BCUT2D eigenvalue weighted by molar-refractivity contribution is 6.04. The molecule has 5 heteroatoms. The highest BCUT2D eigenvalue weighted by Gasteiger charge is 2.10. The topological polar surface area (TPSA) is 58.2 Å². The van der Waals surface area contributed by atoms with Crippen LogP contribution in [-0.2, 0) is 4.79 Å². The van der Waals surface area contributed by atoms with Gasteiger partial charge in [-0.25, -0.2) is 4.39 Å². The molecule has 0 aliphatic rings. The third-order valence-corrected chi connectivity index (χ3v) is 3.89. The van der Waals surface area contributed by atoms with Crippen LogP contribution in [-0.4, -0.2) is 18.4 Å². The SMILES string of the molecule is Cc1cc(C(=O)NCC(=O)Nc2cccc3ccccc23)ccc1F. The van der Waals surface area contributed by atoms with Crippen molar-refractivity contribution in [2.24, 2.45) is 0 Å². The van der Waals surface area contributed by atoms with Crippen molar-refractivity contribution in [3.8, 4) is 0 Å². The molecular weight excluding hydrogens is 319 g/mol. The van der Waals surface area contributed by atoms with Gasteiger partial charge in [-0.2, -0.15) is 0 Å². The zero-order chi connectivity index (χ0) is 17.8. The van der Waals surface area contributed by atoms with Crippen molar-refractivity contribution in [1.82, 2.24) is 5.32 Å². The number of hydrogen-bond donors (Lipinski definition) is 2. The Hall–Kier alpha value is -3.21. The highest BCUT2D eigenvalue weighted by atomic mass is 19.1. The molecule has 0 fully saturated rings. The lowest BCUT2D eigenvalue weighted by molar-refractivity contribution is -0.115. The van der Waals surface area contributed by atoms with E-state index in [2.05, 4.69) is 10.6 Å². The fraction of sp³-hybridized carbons (Fsp3) is 0.100. The summed E-state index contributed by atoms with van der Waals surface area (Å²) in [5.74, 6) is -1.12. The van der Waals surface area contributed by atoms with Gasteiger partial charge in [0, 0.05) is 16.6 Å². The molecule has 0 aliphatic heterocycles. The van der Waals surface area contributed by atoms with E-state index in [9.17, 15) is 14.0 Å². The molecular formula is C20H17FN2O2. The summed E-state index contributed by atoms with van der Waals surface area (Å²) in [5.41, 5.74) is 1.39. The second kappa shape index (κ2) is 7.13. The standard InChI is InChI=1S/C20H17FN2O2/c1-13-11-15(9-10-17(13)21)20(25)22-12-19(24)23-18-8-4-6-14-5-2-3-7-16(14)18/h2-11H,12H2,1H3,(H,22,25)(H,23,24). The van der Waals surface area contributed by atoms with E-state index in [1.807, 2.05) is 42.5 Å². The molecule has 0 saturated carbocycles. The lowest BCUT2D eigenvalue weighted by Gasteiger charge is -2.10. The van der Waals surface area contributed by atoms with Gasteiger partial charge in [0.2, 0.25) is 5.91 Å². The molecule has 3 aromatic carbocycles. The summed E-state index contributed by atoms with van der Waals surface area (Å²) in [5, 5.41) is 7.29. The van der Waals surface area contributed by atoms with Crippen molar-refractivity contribution in [3.05, 3.63) is 77.6 Å². The molecule has 0 spiro atoms. The van der Waals surface area contributed by atoms with Crippen LogP contribution in [0.25, 0.3) is 10.8 Å². The number of anilines is 1. The number of hydrogen-bond acceptors (Lipinski definition) is 2. The van der Waals surface area contributed by atoms with Crippen LogP contribution in [0.2, 0.25) is 0 Å². The number of aryl methyl sites for hydroxylation is 1. The normalized spacial score (nSPS) is 10.5. The number of fused-ring (bicyclic) bond motifs is 1. The molecule has 2 N–H and O–H groups in total. The number of carbonyl (C=O) groups excluding carboxylic acids is 2. The maximum Gasteiger partial charge on any atom is 0.251 e. The Morgan fingerprint density at radius 3 is 2.56 bits per heavy atom. The molecule has 0 aliphatic carbocycles. The molecule has 0 radical (unpaired) electrons. The van der Waals surface area contributed by atoms with Crippen LogP contribution >= 0.6 is 0 Å². The van der Waals surface area contributed by atoms with Gasteiger partial charge in [0.1, 0.15) is 5.82 Å². The fourth-order valence-electron chi connectivity index (χ4n) is 2.58. The van der Waals surface area contributed by atoms with E-state index in [0.29, 0.717) is 16.8 Å². The van der Waals surface area contributed by atoms with Gasteiger partial charge in [0.05, 0.1) is 6.54 Å². The molecule has 4 nitrogen and oxygen atoms in total. The zero-order valence-corrected chi connectivity index (χ0v) is 13.7. The minimum Gasteiger partial charge on any atom is -0.343 e. The van der Waals surface area contributed by atoms with Crippen molar-refractivity contribution in [1.29, 1.82) is 0 Å². The largest absolute Gasteiger partial charge is 0.343 e. The first-order valence-electron chi connectivity index (χ1n) is 7.86. The Kier molecular flexibility index (Phi) is 4.75. The maximum atomic E-state index is 13.3. The quantitative estimate of drug-likeness (QED) is 0.764. The summed E-state index contributed by atoms with van der Waals surface area (Å²) in [6.07, 6.45) is 0. The van der Waals surface area contributed by atoms with E-state index >= 15 is 0 Å². The van der Waals surface area contributed by atoms with Gasteiger partial charge in [-0.05, 0) is 42.1 Å². The van der Waals surface area contributed by atoms with E-state index in [1.54, 1.807) is 6.92 Å². The van der Waals surface area contributed by atoms with E-state index in [-0.39, 0.29) is 18.3 Å². The van der Waals surface area contributed by atoms with Crippen molar-refractivity contribution in [3.63, 3.8) is 0 Å². The van der Waals surface area contributed by atoms with Crippen LogP contribution in [0, 0.1) is 12.7 Å². The minimum atomic E-state index is -0.420. The summed E-state index contributed by atoms with van der Waals surface area (Å²) in [6, 6.07) is 17.4. The van der Waals surface area contributed by atoms with Crippen LogP contribution in [0.4, 0.5) is 10.1 Å². The van der Waals surface area contributed by atoms with E-state index in [4.69, 9.17) is 0 Å². The van der Waals surface area contributed by atoms with Gasteiger partial charge >= 0.3 is 0 Å². The third-order valence-electron chi connectivity index (χ3n) is 3.89. The second-order valence-corrected chi connectivity index (χ2v) is 5.72. The van der Waals surface area contributed by atoms with Gasteiger partial charge in [0.25, 0.3) is 5.91 Å². The summed E-state index contributed by atoms with van der Waals surface area (Å²) < 4.78 is 13.3. The van der Waals surface area contributed by atoms with Gasteiger partial charge in [0.15, 0.2) is 0 Å². The summed E-state index contributed by atoms with van der Waals surface area (Å²) >= 11 is 0. The average Bonchev–Trinajstić information content (AvgIpc) is 2.62. The van der Waals surface area contributed by atoms with E-state index in [0.717, 1.165) is 10.8 Å². The predicted octanol–water partition coefficient (Wildman–Crippen LogP) is 3.66. The van der Waals surface area contributed by atoms with Crippen molar-refractivity contribution in [2.45, 2.75) is 6.92 Å². The number of carbonyl (C=O) groups is 2. The van der Waals surface area contributed by atoms with Crippen LogP contribution < -0.4 is 10.6 Å². The lowest BCUT2D eigenvalue weighted by Crippen LogP contribution is -2.32. The smallest absolute Gasteiger partial charge is 0.251 e. The maximum absolute atomic E-state index is 13.3. The molecule has 3 aromatic rings. The fourth-order valence-corrected chi connectivity index (χ4v) is 2.58. The molecule has 126 valence electrons. The predicted molar refractivity (Wildman–Crippen MR) is 96.0 cm³/mol. The van der Waals surface area contributed by atoms with Gasteiger partial charge in [-0.15, -0.1) is 0 Å². The number of nitrogens with one attached hydrogen (secondary N) is 2. The monoisotopic (exact) mass is 336 g/mol. The first-order valence-corrected chi connectivity index (χ1v) is 7.86. The van der Waals surface area contributed by atoms with E-state index in [1.165, 1.54) is 18.2 Å². The molecule has 0 aromatic heterocycles. The van der Waals surface area contributed by atoms with Crippen LogP contribution in [0.1, 0.15) is 15.9 Å². The van der Waals surface area contributed by atoms with Crippen LogP contribution in [0.15, 0.2) is 60.7 Å². The van der Waals surface area contributed by atoms with E-state index < -0.39 is 5.91 Å². The molecule has 0 saturated heterocycles. The Balaban J connectivity index is 1.64. The molecule has 0 unspecified atom stereocenters. The number of halogens is 1. The number of rotatable bonds is 4. The summed E-state index contributed by atoms with van der Waals surface area (Å²) in [4.78, 5) is 24.2. The summed E-state index contributed by atoms with van der Waals surface area (Å²) in [6.45, 7) is 1.41. The Labute approximate surface area is 144 Å². The van der Waals surface area contributed by atoms with Gasteiger partial charge in [-0.1, -0.05) is 36.4 Å². The Bertz CT molecular complexity index is 948. The van der Waals surface area contributed by atoms with Crippen molar-refractivity contribution < 1.29 is 14.0 Å². The van der Waals surface area contributed by atoms with Crippen molar-refractivity contribution >= 4 is 28.3 Å². The average molecular weight is 336 g/mol. The highest BCUT2D eigenvalue weighted by Crippen LogP contribution is 2.22. The first-order chi connectivity index (χ1) is 12.0. The third kappa shape index (κ3) is 3.83. The molecule has 25 heavy (non-hydrogen) atoms. The van der Waals surface area contributed by atoms with Gasteiger partial charge in [-0.3, -0.25) is 9.59 Å². The Morgan fingerprint density at radius 1 is 1.00 bits per heavy atom. The number of benzene rings is 3. The van der Waals surface area contributed by atoms with Crippen LogP contribution in [0.3, 0.4) is 0 Å². The molecule has 0 atom stereocenters. The minimum absolute atomic E-state index is 0.168. The summed E-state index contributed by atoms with van der Waals surface area (Å²) in [7, 11) is 0. The van der Waals surface area contributed by atoms with Crippen LogP contribution in [0.5, 0.6) is 0 Å². The molecule has 2 amide bonds. The second-order valence-electron chi connectivity index (χ2n) is 5.72. The lowest BCUT2D eigenvalue weighted by atomic mass is 10.1. The van der Waals surface area contributed by atoms with Gasteiger partial charge < -0.3 is 10.6 Å². The Morgan fingerprint density at radius 2 is 1.76 bits per heavy atom. The molecule has 0 bridgehead atoms. The molecule has 0 heterocycles. The zero-order valence-electron chi connectivity index (χ0n) is 13.7.